The Morgan fingerprint density at radius 2 is 2.04 bits per heavy atom. The van der Waals surface area contributed by atoms with Crippen LogP contribution in [0.25, 0.3) is 11.1 Å². The molecular weight excluding hydrogens is 362 g/mol. The Balaban J connectivity index is 2.00. The van der Waals surface area contributed by atoms with E-state index < -0.39 is 0 Å². The predicted molar refractivity (Wildman–Crippen MR) is 104 cm³/mol. The average Bonchev–Trinajstić information content (AvgIpc) is 2.69. The number of hydrogen-bond donors (Lipinski definition) is 1. The van der Waals surface area contributed by atoms with Crippen molar-refractivity contribution in [2.24, 2.45) is 0 Å². The summed E-state index contributed by atoms with van der Waals surface area (Å²) in [5.41, 5.74) is 1.85. The van der Waals surface area contributed by atoms with Crippen molar-refractivity contribution in [3.8, 4) is 17.0 Å². The van der Waals surface area contributed by atoms with Crippen molar-refractivity contribution < 1.29 is 9.67 Å². The molecule has 27 heavy (non-hydrogen) atoms. The number of benzene rings is 1. The van der Waals surface area contributed by atoms with Gasteiger partial charge in [0.1, 0.15) is 11.2 Å². The fourth-order valence-electron chi connectivity index (χ4n) is 3.97. The smallest absolute Gasteiger partial charge is 0.349 e. The standard InChI is InChI=1S/C21H20ClN3O2/c1-2-24-18-10-6-9-16(15-11-12-17(22)23-13-15)25(18)21(27)19(20(24)26)14-7-4-3-5-8-14/h3-5,7-8,11-13,16H,2,6,9-10H2,1H3/p+1. The molecular formula is C21H21ClN3O2+. The molecule has 0 saturated heterocycles. The summed E-state index contributed by atoms with van der Waals surface area (Å²) in [7, 11) is 0. The Hall–Kier alpha value is -2.66. The Bertz CT molecular complexity index is 1030. The van der Waals surface area contributed by atoms with E-state index in [1.165, 1.54) is 0 Å². The predicted octanol–water partition coefficient (Wildman–Crippen LogP) is 3.50. The molecule has 3 aromatic rings. The van der Waals surface area contributed by atoms with E-state index in [0.29, 0.717) is 17.3 Å². The number of hydrogen-bond acceptors (Lipinski definition) is 3. The van der Waals surface area contributed by atoms with Gasteiger partial charge in [-0.2, -0.15) is 9.13 Å². The summed E-state index contributed by atoms with van der Waals surface area (Å²) < 4.78 is 3.68. The highest BCUT2D eigenvalue weighted by Crippen LogP contribution is 2.31. The first-order chi connectivity index (χ1) is 13.1. The van der Waals surface area contributed by atoms with Crippen molar-refractivity contribution in [2.45, 2.75) is 38.8 Å². The van der Waals surface area contributed by atoms with E-state index in [2.05, 4.69) is 4.98 Å². The molecule has 1 unspecified atom stereocenters. The number of pyridine rings is 1. The van der Waals surface area contributed by atoms with Gasteiger partial charge in [-0.05, 0) is 31.4 Å². The number of nitrogens with zero attached hydrogens (tertiary/aromatic N) is 3. The van der Waals surface area contributed by atoms with Crippen molar-refractivity contribution in [3.05, 3.63) is 75.6 Å². The van der Waals surface area contributed by atoms with Gasteiger partial charge in [0.15, 0.2) is 5.56 Å². The van der Waals surface area contributed by atoms with E-state index >= 15 is 0 Å². The first-order valence-electron chi connectivity index (χ1n) is 9.18. The lowest BCUT2D eigenvalue weighted by Crippen LogP contribution is -2.49. The topological polar surface area (TPSA) is 59.0 Å². The Morgan fingerprint density at radius 1 is 1.26 bits per heavy atom. The summed E-state index contributed by atoms with van der Waals surface area (Å²) >= 11 is 5.94. The molecule has 3 heterocycles. The minimum Gasteiger partial charge on any atom is -0.477 e. The first kappa shape index (κ1) is 17.7. The molecule has 1 aromatic carbocycles. The number of aromatic hydroxyl groups is 1. The van der Waals surface area contributed by atoms with Crippen LogP contribution in [-0.2, 0) is 13.0 Å². The van der Waals surface area contributed by atoms with Crippen molar-refractivity contribution in [1.82, 2.24) is 9.55 Å². The van der Waals surface area contributed by atoms with E-state index in [4.69, 9.17) is 11.6 Å². The van der Waals surface area contributed by atoms with Crippen LogP contribution in [0.3, 0.4) is 0 Å². The third kappa shape index (κ3) is 3.02. The molecule has 0 amide bonds. The second-order valence-corrected chi connectivity index (χ2v) is 7.11. The van der Waals surface area contributed by atoms with E-state index in [9.17, 15) is 9.90 Å². The Morgan fingerprint density at radius 3 is 2.70 bits per heavy atom. The van der Waals surface area contributed by atoms with E-state index in [1.807, 2.05) is 52.5 Å². The van der Waals surface area contributed by atoms with Crippen LogP contribution in [0.4, 0.5) is 0 Å². The van der Waals surface area contributed by atoms with Crippen molar-refractivity contribution in [3.63, 3.8) is 0 Å². The van der Waals surface area contributed by atoms with Gasteiger partial charge < -0.3 is 5.11 Å². The molecule has 0 aliphatic carbocycles. The van der Waals surface area contributed by atoms with Gasteiger partial charge in [-0.3, -0.25) is 0 Å². The van der Waals surface area contributed by atoms with Crippen LogP contribution in [0, 0.1) is 0 Å². The molecule has 1 aliphatic rings. The summed E-state index contributed by atoms with van der Waals surface area (Å²) in [4.78, 5) is 17.7. The molecule has 1 N–H and O–H groups in total. The monoisotopic (exact) mass is 382 g/mol. The van der Waals surface area contributed by atoms with E-state index in [0.717, 1.165) is 36.2 Å². The molecule has 4 rings (SSSR count). The Labute approximate surface area is 162 Å². The van der Waals surface area contributed by atoms with Crippen molar-refractivity contribution in [2.75, 3.05) is 0 Å². The van der Waals surface area contributed by atoms with Crippen LogP contribution in [-0.4, -0.2) is 14.7 Å². The van der Waals surface area contributed by atoms with Gasteiger partial charge >= 0.3 is 5.56 Å². The zero-order valence-corrected chi connectivity index (χ0v) is 15.9. The molecule has 5 nitrogen and oxygen atoms in total. The maximum atomic E-state index is 13.5. The highest BCUT2D eigenvalue weighted by atomic mass is 35.5. The van der Waals surface area contributed by atoms with Gasteiger partial charge in [0.05, 0.1) is 6.54 Å². The van der Waals surface area contributed by atoms with Crippen LogP contribution in [0.15, 0.2) is 53.5 Å². The largest absolute Gasteiger partial charge is 0.477 e. The molecule has 0 saturated carbocycles. The van der Waals surface area contributed by atoms with Crippen molar-refractivity contribution >= 4 is 11.6 Å². The van der Waals surface area contributed by atoms with Crippen LogP contribution in [0.2, 0.25) is 5.15 Å². The zero-order chi connectivity index (χ0) is 19.0. The molecule has 0 radical (unpaired) electrons. The van der Waals surface area contributed by atoms with Gasteiger partial charge in [-0.25, -0.2) is 9.78 Å². The minimum absolute atomic E-state index is 0.0369. The molecule has 0 fully saturated rings. The van der Waals surface area contributed by atoms with Gasteiger partial charge in [0.25, 0.3) is 11.7 Å². The molecule has 138 valence electrons. The van der Waals surface area contributed by atoms with Crippen LogP contribution >= 0.6 is 11.6 Å². The van der Waals surface area contributed by atoms with Gasteiger partial charge in [0.2, 0.25) is 0 Å². The zero-order valence-electron chi connectivity index (χ0n) is 15.1. The lowest BCUT2D eigenvalue weighted by molar-refractivity contribution is -0.711. The quantitative estimate of drug-likeness (QED) is 0.557. The second-order valence-electron chi connectivity index (χ2n) is 6.72. The van der Waals surface area contributed by atoms with Crippen LogP contribution < -0.4 is 10.1 Å². The molecule has 1 aliphatic heterocycles. The number of halogens is 1. The third-order valence-corrected chi connectivity index (χ3v) is 5.43. The summed E-state index contributed by atoms with van der Waals surface area (Å²) in [6.45, 7) is 2.57. The fraction of sp³-hybridized carbons (Fsp3) is 0.286. The van der Waals surface area contributed by atoms with Crippen LogP contribution in [0.5, 0.6) is 5.88 Å². The highest BCUT2D eigenvalue weighted by molar-refractivity contribution is 6.29. The maximum absolute atomic E-state index is 13.5. The minimum atomic E-state index is -0.168. The average molecular weight is 383 g/mol. The first-order valence-corrected chi connectivity index (χ1v) is 9.56. The van der Waals surface area contributed by atoms with E-state index in [1.54, 1.807) is 12.3 Å². The van der Waals surface area contributed by atoms with Gasteiger partial charge in [-0.15, -0.1) is 0 Å². The highest BCUT2D eigenvalue weighted by Gasteiger charge is 2.36. The molecule has 6 heteroatoms. The summed E-state index contributed by atoms with van der Waals surface area (Å²) in [5, 5.41) is 11.3. The SMILES string of the molecule is CC[n+]1c(O)c(-c2ccccc2)c(=O)n2c1CCCC2c1ccc(Cl)nc1. The van der Waals surface area contributed by atoms with Crippen molar-refractivity contribution in [1.29, 1.82) is 0 Å². The lowest BCUT2D eigenvalue weighted by atomic mass is 9.96. The van der Waals surface area contributed by atoms with E-state index in [-0.39, 0.29) is 17.5 Å². The van der Waals surface area contributed by atoms with Gasteiger partial charge in [0, 0.05) is 18.2 Å². The fourth-order valence-corrected chi connectivity index (χ4v) is 4.08. The maximum Gasteiger partial charge on any atom is 0.349 e. The lowest BCUT2D eigenvalue weighted by Gasteiger charge is -2.24. The van der Waals surface area contributed by atoms with Crippen LogP contribution in [0.1, 0.15) is 37.2 Å². The normalized spacial score (nSPS) is 16.1. The number of fused-ring (bicyclic) bond motifs is 1. The second kappa shape index (κ2) is 7.16. The van der Waals surface area contributed by atoms with Gasteiger partial charge in [-0.1, -0.05) is 48.0 Å². The molecule has 1 atom stereocenters. The number of aromatic nitrogens is 3. The Kier molecular flexibility index (Phi) is 4.70. The summed E-state index contributed by atoms with van der Waals surface area (Å²) in [6.07, 6.45) is 4.28. The summed E-state index contributed by atoms with van der Waals surface area (Å²) in [5.74, 6) is 0.890. The third-order valence-electron chi connectivity index (χ3n) is 5.20. The molecule has 0 bridgehead atoms. The molecule has 0 spiro atoms. The summed E-state index contributed by atoms with van der Waals surface area (Å²) in [6, 6.07) is 12.9. The number of rotatable bonds is 3. The molecule has 2 aromatic heterocycles.